The molecule has 1 N–H and O–H groups in total. The van der Waals surface area contributed by atoms with E-state index in [2.05, 4.69) is 10.4 Å². The molecule has 0 aliphatic heterocycles. The molecule has 27 heavy (non-hydrogen) atoms. The molecule has 0 saturated heterocycles. The van der Waals surface area contributed by atoms with Gasteiger partial charge in [-0.2, -0.15) is 5.10 Å². The van der Waals surface area contributed by atoms with Crippen LogP contribution in [0.25, 0.3) is 16.3 Å². The number of carbonyl (C=O) groups excluding carboxylic acids is 1. The molecule has 6 heteroatoms. The smallest absolute Gasteiger partial charge is 0.255 e. The van der Waals surface area contributed by atoms with Crippen molar-refractivity contribution >= 4 is 22.9 Å². The largest absolute Gasteiger partial charge is 0.497 e. The molecular weight excluding hydrogens is 358 g/mol. The van der Waals surface area contributed by atoms with Gasteiger partial charge in [0.15, 0.2) is 0 Å². The maximum atomic E-state index is 12.7. The van der Waals surface area contributed by atoms with Crippen LogP contribution in [0.2, 0.25) is 0 Å². The number of carbonyl (C=O) groups is 1. The summed E-state index contributed by atoms with van der Waals surface area (Å²) in [5, 5.41) is 9.67. The first-order valence-corrected chi connectivity index (χ1v) is 9.27. The highest BCUT2D eigenvalue weighted by Crippen LogP contribution is 2.31. The van der Waals surface area contributed by atoms with Crippen LogP contribution < -0.4 is 10.1 Å². The maximum Gasteiger partial charge on any atom is 0.255 e. The fraction of sp³-hybridized carbons (Fsp3) is 0.0476. The second-order valence-electron chi connectivity index (χ2n) is 5.83. The van der Waals surface area contributed by atoms with E-state index in [9.17, 15) is 4.79 Å². The summed E-state index contributed by atoms with van der Waals surface area (Å²) in [5.74, 6) is 0.519. The first-order valence-electron chi connectivity index (χ1n) is 8.39. The van der Waals surface area contributed by atoms with Crippen LogP contribution in [0.1, 0.15) is 10.4 Å². The molecule has 2 aromatic carbocycles. The molecule has 2 heterocycles. The Hall–Kier alpha value is -3.38. The third-order valence-electron chi connectivity index (χ3n) is 4.09. The summed E-state index contributed by atoms with van der Waals surface area (Å²) in [4.78, 5) is 13.7. The van der Waals surface area contributed by atoms with Crippen molar-refractivity contribution in [1.82, 2.24) is 9.78 Å². The van der Waals surface area contributed by atoms with E-state index in [1.54, 1.807) is 47.4 Å². The second kappa shape index (κ2) is 7.47. The third kappa shape index (κ3) is 3.61. The number of para-hydroxylation sites is 1. The Balaban J connectivity index is 1.68. The van der Waals surface area contributed by atoms with E-state index in [1.165, 1.54) is 0 Å². The number of nitrogens with one attached hydrogen (secondary N) is 1. The summed E-state index contributed by atoms with van der Waals surface area (Å²) in [5.41, 5.74) is 2.90. The van der Waals surface area contributed by atoms with Gasteiger partial charge in [-0.05, 0) is 47.8 Å². The van der Waals surface area contributed by atoms with Crippen molar-refractivity contribution < 1.29 is 9.53 Å². The normalized spacial score (nSPS) is 10.6. The first-order chi connectivity index (χ1) is 13.2. The summed E-state index contributed by atoms with van der Waals surface area (Å²) < 4.78 is 6.92. The van der Waals surface area contributed by atoms with Crippen LogP contribution in [0.3, 0.4) is 0 Å². The van der Waals surface area contributed by atoms with Gasteiger partial charge in [-0.3, -0.25) is 4.79 Å². The number of amides is 1. The van der Waals surface area contributed by atoms with E-state index >= 15 is 0 Å². The van der Waals surface area contributed by atoms with Crippen molar-refractivity contribution in [1.29, 1.82) is 0 Å². The molecule has 4 aromatic rings. The minimum absolute atomic E-state index is 0.192. The molecule has 134 valence electrons. The SMILES string of the molecule is COc1ccc(C(=O)Nc2cn(-c3ccccc3)nc2-c2cccs2)cc1. The van der Waals surface area contributed by atoms with E-state index in [0.717, 1.165) is 16.3 Å². The molecule has 0 spiro atoms. The topological polar surface area (TPSA) is 56.1 Å². The number of thiophene rings is 1. The average molecular weight is 375 g/mol. The maximum absolute atomic E-state index is 12.7. The molecule has 0 saturated carbocycles. The third-order valence-corrected chi connectivity index (χ3v) is 4.97. The van der Waals surface area contributed by atoms with Gasteiger partial charge < -0.3 is 10.1 Å². The summed E-state index contributed by atoms with van der Waals surface area (Å²) in [6, 6.07) is 20.8. The lowest BCUT2D eigenvalue weighted by Crippen LogP contribution is -2.11. The number of methoxy groups -OCH3 is 1. The van der Waals surface area contributed by atoms with Crippen LogP contribution in [0.15, 0.2) is 78.3 Å². The lowest BCUT2D eigenvalue weighted by Gasteiger charge is -2.05. The minimum atomic E-state index is -0.192. The number of hydrogen-bond donors (Lipinski definition) is 1. The number of anilines is 1. The molecule has 4 rings (SSSR count). The Morgan fingerprint density at radius 3 is 2.48 bits per heavy atom. The molecule has 0 aliphatic rings. The zero-order chi connectivity index (χ0) is 18.6. The highest BCUT2D eigenvalue weighted by atomic mass is 32.1. The Labute approximate surface area is 160 Å². The molecule has 0 aliphatic carbocycles. The standard InChI is InChI=1S/C21H17N3O2S/c1-26-17-11-9-15(10-12-17)21(25)22-18-14-24(16-6-3-2-4-7-16)23-20(18)19-8-5-13-27-19/h2-14H,1H3,(H,22,25). The predicted molar refractivity (Wildman–Crippen MR) is 108 cm³/mol. The van der Waals surface area contributed by atoms with E-state index in [0.29, 0.717) is 17.0 Å². The molecule has 0 bridgehead atoms. The quantitative estimate of drug-likeness (QED) is 0.542. The molecule has 2 aromatic heterocycles. The van der Waals surface area contributed by atoms with E-state index in [1.807, 2.05) is 54.0 Å². The highest BCUT2D eigenvalue weighted by Gasteiger charge is 2.16. The summed E-state index contributed by atoms with van der Waals surface area (Å²) >= 11 is 1.58. The number of ether oxygens (including phenoxy) is 1. The van der Waals surface area contributed by atoms with Gasteiger partial charge in [0, 0.05) is 5.56 Å². The minimum Gasteiger partial charge on any atom is -0.497 e. The van der Waals surface area contributed by atoms with Crippen LogP contribution in [-0.2, 0) is 0 Å². The first kappa shape index (κ1) is 17.1. The van der Waals surface area contributed by atoms with Crippen molar-refractivity contribution in [2.24, 2.45) is 0 Å². The summed E-state index contributed by atoms with van der Waals surface area (Å²) in [6.07, 6.45) is 1.84. The van der Waals surface area contributed by atoms with Crippen molar-refractivity contribution in [3.8, 4) is 22.0 Å². The van der Waals surface area contributed by atoms with Crippen molar-refractivity contribution in [3.05, 3.63) is 83.9 Å². The predicted octanol–water partition coefficient (Wildman–Crippen LogP) is 4.86. The molecule has 0 radical (unpaired) electrons. The fourth-order valence-electron chi connectivity index (χ4n) is 2.71. The van der Waals surface area contributed by atoms with Crippen LogP contribution in [0.5, 0.6) is 5.75 Å². The van der Waals surface area contributed by atoms with Gasteiger partial charge in [0.2, 0.25) is 0 Å². The van der Waals surface area contributed by atoms with E-state index in [4.69, 9.17) is 4.74 Å². The Morgan fingerprint density at radius 2 is 1.81 bits per heavy atom. The van der Waals surface area contributed by atoms with Gasteiger partial charge in [0.1, 0.15) is 11.4 Å². The lowest BCUT2D eigenvalue weighted by atomic mass is 10.2. The molecule has 0 atom stereocenters. The Morgan fingerprint density at radius 1 is 1.04 bits per heavy atom. The second-order valence-corrected chi connectivity index (χ2v) is 6.78. The van der Waals surface area contributed by atoms with Gasteiger partial charge in [0.25, 0.3) is 5.91 Å². The Bertz CT molecular complexity index is 1040. The Kier molecular flexibility index (Phi) is 4.72. The van der Waals surface area contributed by atoms with Crippen LogP contribution >= 0.6 is 11.3 Å². The highest BCUT2D eigenvalue weighted by molar-refractivity contribution is 7.13. The van der Waals surface area contributed by atoms with Crippen LogP contribution in [0.4, 0.5) is 5.69 Å². The van der Waals surface area contributed by atoms with Crippen LogP contribution in [0, 0.1) is 0 Å². The lowest BCUT2D eigenvalue weighted by molar-refractivity contribution is 0.102. The number of benzene rings is 2. The number of hydrogen-bond acceptors (Lipinski definition) is 4. The zero-order valence-electron chi connectivity index (χ0n) is 14.6. The average Bonchev–Trinajstić information content (AvgIpc) is 3.38. The zero-order valence-corrected chi connectivity index (χ0v) is 15.4. The summed E-state index contributed by atoms with van der Waals surface area (Å²) in [6.45, 7) is 0. The molecular formula is C21H17N3O2S. The van der Waals surface area contributed by atoms with E-state index < -0.39 is 0 Å². The van der Waals surface area contributed by atoms with Crippen molar-refractivity contribution in [2.45, 2.75) is 0 Å². The van der Waals surface area contributed by atoms with Crippen molar-refractivity contribution in [2.75, 3.05) is 12.4 Å². The van der Waals surface area contributed by atoms with Gasteiger partial charge in [-0.15, -0.1) is 11.3 Å². The molecule has 1 amide bonds. The van der Waals surface area contributed by atoms with E-state index in [-0.39, 0.29) is 5.91 Å². The van der Waals surface area contributed by atoms with Crippen LogP contribution in [-0.4, -0.2) is 22.8 Å². The van der Waals surface area contributed by atoms with Crippen molar-refractivity contribution in [3.63, 3.8) is 0 Å². The summed E-state index contributed by atoms with van der Waals surface area (Å²) in [7, 11) is 1.60. The molecule has 0 fully saturated rings. The monoisotopic (exact) mass is 375 g/mol. The van der Waals surface area contributed by atoms with Gasteiger partial charge in [-0.1, -0.05) is 24.3 Å². The number of aromatic nitrogens is 2. The number of nitrogens with zero attached hydrogens (tertiary/aromatic N) is 2. The fourth-order valence-corrected chi connectivity index (χ4v) is 3.43. The molecule has 5 nitrogen and oxygen atoms in total. The molecule has 0 unspecified atom stereocenters. The van der Waals surface area contributed by atoms with Gasteiger partial charge in [0.05, 0.1) is 29.6 Å². The van der Waals surface area contributed by atoms with Gasteiger partial charge in [-0.25, -0.2) is 4.68 Å². The van der Waals surface area contributed by atoms with Gasteiger partial charge >= 0.3 is 0 Å². The number of rotatable bonds is 5.